The second kappa shape index (κ2) is 5.35. The molecule has 0 saturated carbocycles. The van der Waals surface area contributed by atoms with Gasteiger partial charge in [0.15, 0.2) is 5.13 Å². The topological polar surface area (TPSA) is 79.3 Å². The molecule has 0 atom stereocenters. The van der Waals surface area contributed by atoms with E-state index in [1.165, 1.54) is 11.3 Å². The molecule has 0 amide bonds. The predicted molar refractivity (Wildman–Crippen MR) is 72.8 cm³/mol. The largest absolute Gasteiger partial charge is 0.396 e. The minimum Gasteiger partial charge on any atom is -0.396 e. The minimum atomic E-state index is -3.56. The van der Waals surface area contributed by atoms with Crippen LogP contribution in [0.5, 0.6) is 0 Å². The van der Waals surface area contributed by atoms with Crippen LogP contribution in [0.3, 0.4) is 0 Å². The molecule has 2 N–H and O–H groups in total. The number of sulfonamides is 1. The first-order valence-electron chi connectivity index (χ1n) is 5.16. The molecular formula is C10H12N2O3S3. The zero-order valence-corrected chi connectivity index (χ0v) is 12.0. The van der Waals surface area contributed by atoms with Crippen LogP contribution in [0.1, 0.15) is 9.75 Å². The molecule has 0 spiro atoms. The maximum Gasteiger partial charge on any atom is 0.273 e. The summed E-state index contributed by atoms with van der Waals surface area (Å²) >= 11 is 2.45. The minimum absolute atomic E-state index is 0.0130. The van der Waals surface area contributed by atoms with Gasteiger partial charge in [0.05, 0.1) is 0 Å². The standard InChI is InChI=1S/C10H12N2O3S3/c1-7-6-11-10(16-7)12-18(14,15)9-3-2-8(17-9)4-5-13/h2-3,6,13H,4-5H2,1H3,(H,11,12). The number of aromatic nitrogens is 1. The second-order valence-electron chi connectivity index (χ2n) is 3.58. The Balaban J connectivity index is 2.19. The van der Waals surface area contributed by atoms with Gasteiger partial charge in [-0.25, -0.2) is 13.4 Å². The van der Waals surface area contributed by atoms with Gasteiger partial charge < -0.3 is 5.11 Å². The first-order valence-corrected chi connectivity index (χ1v) is 8.28. The molecule has 8 heteroatoms. The Hall–Kier alpha value is -0.960. The van der Waals surface area contributed by atoms with Gasteiger partial charge in [-0.1, -0.05) is 0 Å². The van der Waals surface area contributed by atoms with Gasteiger partial charge in [-0.2, -0.15) is 0 Å². The Labute approximate surface area is 113 Å². The summed E-state index contributed by atoms with van der Waals surface area (Å²) in [7, 11) is -3.56. The monoisotopic (exact) mass is 304 g/mol. The molecule has 0 unspecified atom stereocenters. The van der Waals surface area contributed by atoms with Crippen LogP contribution in [0.15, 0.2) is 22.5 Å². The van der Waals surface area contributed by atoms with E-state index in [4.69, 9.17) is 5.11 Å². The lowest BCUT2D eigenvalue weighted by Gasteiger charge is -2.01. The third-order valence-electron chi connectivity index (χ3n) is 2.10. The van der Waals surface area contributed by atoms with Crippen molar-refractivity contribution in [2.75, 3.05) is 11.3 Å². The lowest BCUT2D eigenvalue weighted by molar-refractivity contribution is 0.300. The summed E-state index contributed by atoms with van der Waals surface area (Å²) in [6.45, 7) is 1.87. The van der Waals surface area contributed by atoms with E-state index in [-0.39, 0.29) is 10.8 Å². The molecule has 2 rings (SSSR count). The molecule has 5 nitrogen and oxygen atoms in total. The van der Waals surface area contributed by atoms with Crippen LogP contribution in [-0.4, -0.2) is 25.1 Å². The Morgan fingerprint density at radius 3 is 2.78 bits per heavy atom. The maximum atomic E-state index is 12.0. The van der Waals surface area contributed by atoms with Gasteiger partial charge in [-0.05, 0) is 19.1 Å². The van der Waals surface area contributed by atoms with Crippen molar-refractivity contribution < 1.29 is 13.5 Å². The van der Waals surface area contributed by atoms with Gasteiger partial charge in [0, 0.05) is 29.0 Å². The number of thiophene rings is 1. The third-order valence-corrected chi connectivity index (χ3v) is 6.04. The molecule has 2 aromatic heterocycles. The van der Waals surface area contributed by atoms with Gasteiger partial charge in [0.25, 0.3) is 10.0 Å². The quantitative estimate of drug-likeness (QED) is 0.883. The molecular weight excluding hydrogens is 292 g/mol. The number of rotatable bonds is 5. The van der Waals surface area contributed by atoms with E-state index in [0.717, 1.165) is 21.1 Å². The van der Waals surface area contributed by atoms with Crippen molar-refractivity contribution in [1.82, 2.24) is 4.98 Å². The summed E-state index contributed by atoms with van der Waals surface area (Å²) in [5.74, 6) is 0. The normalized spacial score (nSPS) is 11.7. The van der Waals surface area contributed by atoms with E-state index in [0.29, 0.717) is 11.6 Å². The summed E-state index contributed by atoms with van der Waals surface area (Å²) in [4.78, 5) is 5.75. The number of aryl methyl sites for hydroxylation is 1. The highest BCUT2D eigenvalue weighted by molar-refractivity contribution is 7.94. The molecule has 0 aliphatic rings. The highest BCUT2D eigenvalue weighted by atomic mass is 32.2. The first-order chi connectivity index (χ1) is 8.51. The number of nitrogens with zero attached hydrogens (tertiary/aromatic N) is 1. The molecule has 2 heterocycles. The Morgan fingerprint density at radius 1 is 1.39 bits per heavy atom. The van der Waals surface area contributed by atoms with Gasteiger partial charge in [-0.3, -0.25) is 4.72 Å². The summed E-state index contributed by atoms with van der Waals surface area (Å²) in [5.41, 5.74) is 0. The Bertz CT molecular complexity index is 630. The number of thiazole rings is 1. The van der Waals surface area contributed by atoms with Crippen LogP contribution in [0, 0.1) is 6.92 Å². The smallest absolute Gasteiger partial charge is 0.273 e. The van der Waals surface area contributed by atoms with E-state index in [1.807, 2.05) is 6.92 Å². The molecule has 18 heavy (non-hydrogen) atoms. The Kier molecular flexibility index (Phi) is 4.00. The molecule has 0 fully saturated rings. The highest BCUT2D eigenvalue weighted by Gasteiger charge is 2.18. The van der Waals surface area contributed by atoms with E-state index in [2.05, 4.69) is 9.71 Å². The van der Waals surface area contributed by atoms with Crippen LogP contribution < -0.4 is 4.72 Å². The van der Waals surface area contributed by atoms with Gasteiger partial charge in [-0.15, -0.1) is 22.7 Å². The van der Waals surface area contributed by atoms with E-state index >= 15 is 0 Å². The van der Waals surface area contributed by atoms with Gasteiger partial charge in [0.1, 0.15) is 4.21 Å². The Morgan fingerprint density at radius 2 is 2.17 bits per heavy atom. The molecule has 0 radical (unpaired) electrons. The molecule has 2 aromatic rings. The molecule has 0 saturated heterocycles. The van der Waals surface area contributed by atoms with Crippen LogP contribution in [0.4, 0.5) is 5.13 Å². The fourth-order valence-corrected chi connectivity index (χ4v) is 4.57. The lowest BCUT2D eigenvalue weighted by Crippen LogP contribution is -2.10. The van der Waals surface area contributed by atoms with E-state index in [9.17, 15) is 8.42 Å². The molecule has 0 bridgehead atoms. The SMILES string of the molecule is Cc1cnc(NS(=O)(=O)c2ccc(CCO)s2)s1. The zero-order valence-electron chi connectivity index (χ0n) is 9.58. The van der Waals surface area contributed by atoms with E-state index < -0.39 is 10.0 Å². The second-order valence-corrected chi connectivity index (χ2v) is 7.89. The van der Waals surface area contributed by atoms with Crippen molar-refractivity contribution in [2.45, 2.75) is 17.6 Å². The average molecular weight is 304 g/mol. The third kappa shape index (κ3) is 3.08. The zero-order chi connectivity index (χ0) is 13.2. The van der Waals surface area contributed by atoms with Crippen LogP contribution >= 0.6 is 22.7 Å². The number of hydrogen-bond acceptors (Lipinski definition) is 6. The number of aliphatic hydroxyl groups is 1. The number of nitrogens with one attached hydrogen (secondary N) is 1. The van der Waals surface area contributed by atoms with Crippen molar-refractivity contribution in [3.05, 3.63) is 28.1 Å². The van der Waals surface area contributed by atoms with Crippen LogP contribution in [0.2, 0.25) is 0 Å². The summed E-state index contributed by atoms with van der Waals surface area (Å²) in [6, 6.07) is 3.25. The molecule has 0 aliphatic carbocycles. The fraction of sp³-hybridized carbons (Fsp3) is 0.300. The highest BCUT2D eigenvalue weighted by Crippen LogP contribution is 2.26. The molecule has 98 valence electrons. The van der Waals surface area contributed by atoms with Crippen molar-refractivity contribution >= 4 is 37.8 Å². The molecule has 0 aromatic carbocycles. The number of hydrogen-bond donors (Lipinski definition) is 2. The summed E-state index contributed by atoms with van der Waals surface area (Å²) < 4.78 is 26.7. The maximum absolute atomic E-state index is 12.0. The average Bonchev–Trinajstić information content (AvgIpc) is 2.88. The van der Waals surface area contributed by atoms with Crippen molar-refractivity contribution in [2.24, 2.45) is 0 Å². The number of aliphatic hydroxyl groups excluding tert-OH is 1. The molecule has 0 aliphatic heterocycles. The summed E-state index contributed by atoms with van der Waals surface area (Å²) in [5, 5.41) is 9.17. The first kappa shape index (κ1) is 13.5. The fourth-order valence-electron chi connectivity index (χ4n) is 1.31. The predicted octanol–water partition coefficient (Wildman–Crippen LogP) is 1.85. The van der Waals surface area contributed by atoms with Crippen molar-refractivity contribution in [3.8, 4) is 0 Å². The van der Waals surface area contributed by atoms with Crippen molar-refractivity contribution in [1.29, 1.82) is 0 Å². The van der Waals surface area contributed by atoms with Gasteiger partial charge >= 0.3 is 0 Å². The lowest BCUT2D eigenvalue weighted by atomic mass is 10.4. The van der Waals surface area contributed by atoms with Crippen LogP contribution in [0.25, 0.3) is 0 Å². The number of anilines is 1. The van der Waals surface area contributed by atoms with Crippen LogP contribution in [-0.2, 0) is 16.4 Å². The van der Waals surface area contributed by atoms with Crippen molar-refractivity contribution in [3.63, 3.8) is 0 Å². The summed E-state index contributed by atoms with van der Waals surface area (Å²) in [6.07, 6.45) is 2.09. The van der Waals surface area contributed by atoms with E-state index in [1.54, 1.807) is 18.3 Å². The van der Waals surface area contributed by atoms with Gasteiger partial charge in [0.2, 0.25) is 0 Å².